The molecule has 2 aliphatic rings. The van der Waals surface area contributed by atoms with E-state index in [-0.39, 0.29) is 11.6 Å². The fourth-order valence-electron chi connectivity index (χ4n) is 3.36. The number of halogens is 2. The smallest absolute Gasteiger partial charge is 0.256 e. The number of carbonyl (C=O) groups is 1. The van der Waals surface area contributed by atoms with Crippen molar-refractivity contribution in [1.29, 1.82) is 0 Å². The molecule has 108 valence electrons. The zero-order valence-corrected chi connectivity index (χ0v) is 11.4. The first-order valence-electron chi connectivity index (χ1n) is 7.03. The van der Waals surface area contributed by atoms with E-state index in [9.17, 15) is 13.6 Å². The number of carbonyl (C=O) groups excluding carboxylic acids is 1. The summed E-state index contributed by atoms with van der Waals surface area (Å²) in [6.07, 6.45) is 4.04. The van der Waals surface area contributed by atoms with Crippen molar-refractivity contribution in [3.05, 3.63) is 35.4 Å². The summed E-state index contributed by atoms with van der Waals surface area (Å²) in [5, 5.41) is 3.50. The number of hydrogen-bond acceptors (Lipinski definition) is 2. The Morgan fingerprint density at radius 2 is 1.90 bits per heavy atom. The Bertz CT molecular complexity index is 523. The first-order valence-corrected chi connectivity index (χ1v) is 7.03. The third-order valence-electron chi connectivity index (χ3n) is 4.48. The van der Waals surface area contributed by atoms with Crippen LogP contribution in [-0.4, -0.2) is 36.0 Å². The van der Waals surface area contributed by atoms with Crippen LogP contribution < -0.4 is 5.32 Å². The monoisotopic (exact) mass is 280 g/mol. The van der Waals surface area contributed by atoms with Crippen LogP contribution in [0.15, 0.2) is 18.2 Å². The van der Waals surface area contributed by atoms with E-state index in [1.54, 1.807) is 11.9 Å². The number of rotatable bonds is 2. The number of piperidine rings is 1. The lowest BCUT2D eigenvalue weighted by Crippen LogP contribution is -2.48. The zero-order chi connectivity index (χ0) is 14.3. The van der Waals surface area contributed by atoms with E-state index in [1.807, 2.05) is 0 Å². The molecule has 2 fully saturated rings. The lowest BCUT2D eigenvalue weighted by molar-refractivity contribution is 0.0676. The topological polar surface area (TPSA) is 32.3 Å². The van der Waals surface area contributed by atoms with Crippen LogP contribution in [-0.2, 0) is 0 Å². The van der Waals surface area contributed by atoms with Gasteiger partial charge >= 0.3 is 0 Å². The Kier molecular flexibility index (Phi) is 3.46. The lowest BCUT2D eigenvalue weighted by atomic mass is 9.98. The maximum absolute atomic E-state index is 13.7. The quantitative estimate of drug-likeness (QED) is 0.901. The Morgan fingerprint density at radius 3 is 2.55 bits per heavy atom. The molecule has 1 amide bonds. The highest BCUT2D eigenvalue weighted by Crippen LogP contribution is 2.30. The molecule has 2 heterocycles. The van der Waals surface area contributed by atoms with Crippen molar-refractivity contribution in [1.82, 2.24) is 10.2 Å². The van der Waals surface area contributed by atoms with Crippen LogP contribution in [0.1, 0.15) is 36.0 Å². The number of amides is 1. The Hall–Kier alpha value is -1.49. The summed E-state index contributed by atoms with van der Waals surface area (Å²) in [6.45, 7) is 0. The van der Waals surface area contributed by atoms with Gasteiger partial charge in [-0.2, -0.15) is 0 Å². The van der Waals surface area contributed by atoms with Gasteiger partial charge in [0.15, 0.2) is 0 Å². The summed E-state index contributed by atoms with van der Waals surface area (Å²) < 4.78 is 26.9. The van der Waals surface area contributed by atoms with Crippen molar-refractivity contribution in [3.8, 4) is 0 Å². The van der Waals surface area contributed by atoms with Crippen molar-refractivity contribution in [2.24, 2.45) is 0 Å². The predicted octanol–water partition coefficient (Wildman–Crippen LogP) is 2.32. The number of fused-ring (bicyclic) bond motifs is 2. The summed E-state index contributed by atoms with van der Waals surface area (Å²) >= 11 is 0. The number of nitrogens with zero attached hydrogens (tertiary/aromatic N) is 1. The van der Waals surface area contributed by atoms with Gasteiger partial charge in [-0.3, -0.25) is 4.79 Å². The van der Waals surface area contributed by atoms with Crippen molar-refractivity contribution < 1.29 is 13.6 Å². The maximum atomic E-state index is 13.7. The van der Waals surface area contributed by atoms with Crippen LogP contribution in [0.2, 0.25) is 0 Å². The molecule has 5 heteroatoms. The molecule has 20 heavy (non-hydrogen) atoms. The molecule has 0 saturated carbocycles. The lowest BCUT2D eigenvalue weighted by Gasteiger charge is -2.35. The number of benzene rings is 1. The molecule has 3 nitrogen and oxygen atoms in total. The fraction of sp³-hybridized carbons (Fsp3) is 0.533. The van der Waals surface area contributed by atoms with Crippen LogP contribution in [0.5, 0.6) is 0 Å². The highest BCUT2D eigenvalue weighted by molar-refractivity contribution is 5.94. The zero-order valence-electron chi connectivity index (χ0n) is 11.4. The maximum Gasteiger partial charge on any atom is 0.256 e. The van der Waals surface area contributed by atoms with E-state index in [1.165, 1.54) is 0 Å². The first kappa shape index (κ1) is 13.5. The molecule has 2 aliphatic heterocycles. The van der Waals surface area contributed by atoms with E-state index < -0.39 is 17.5 Å². The third kappa shape index (κ3) is 2.42. The average molecular weight is 280 g/mol. The van der Waals surface area contributed by atoms with Crippen molar-refractivity contribution >= 4 is 5.91 Å². The summed E-state index contributed by atoms with van der Waals surface area (Å²) in [5.74, 6) is -1.69. The molecule has 1 N–H and O–H groups in total. The predicted molar refractivity (Wildman–Crippen MR) is 71.4 cm³/mol. The molecular weight excluding hydrogens is 262 g/mol. The highest BCUT2D eigenvalue weighted by Gasteiger charge is 2.36. The molecule has 2 bridgehead atoms. The van der Waals surface area contributed by atoms with Gasteiger partial charge in [0.25, 0.3) is 5.91 Å². The molecule has 3 rings (SSSR count). The van der Waals surface area contributed by atoms with Crippen molar-refractivity contribution in [2.45, 2.75) is 43.8 Å². The molecule has 2 unspecified atom stereocenters. The molecule has 0 spiro atoms. The minimum atomic E-state index is -0.667. The summed E-state index contributed by atoms with van der Waals surface area (Å²) in [7, 11) is 1.68. The number of hydrogen-bond donors (Lipinski definition) is 1. The van der Waals surface area contributed by atoms with E-state index in [0.29, 0.717) is 12.1 Å². The molecule has 0 aromatic heterocycles. The second kappa shape index (κ2) is 5.13. The Labute approximate surface area is 117 Å². The summed E-state index contributed by atoms with van der Waals surface area (Å²) in [5.41, 5.74) is -0.182. The Balaban J connectivity index is 1.78. The standard InChI is InChI=1S/C15H18F2N2O/c1-19(12-7-10-3-4-11(8-12)18-10)15(20)13-6-9(16)2-5-14(13)17/h2,5-6,10-12,18H,3-4,7-8H2,1H3. The van der Waals surface area contributed by atoms with Gasteiger partial charge in [-0.25, -0.2) is 8.78 Å². The molecule has 1 aromatic rings. The van der Waals surface area contributed by atoms with Crippen LogP contribution in [0.3, 0.4) is 0 Å². The second-order valence-electron chi connectivity index (χ2n) is 5.80. The molecule has 2 atom stereocenters. The van der Waals surface area contributed by atoms with Crippen LogP contribution in [0.25, 0.3) is 0 Å². The average Bonchev–Trinajstić information content (AvgIpc) is 2.78. The minimum Gasteiger partial charge on any atom is -0.339 e. The fourth-order valence-corrected chi connectivity index (χ4v) is 3.36. The molecule has 1 aromatic carbocycles. The van der Waals surface area contributed by atoms with Gasteiger partial charge < -0.3 is 10.2 Å². The summed E-state index contributed by atoms with van der Waals surface area (Å²) in [4.78, 5) is 13.9. The van der Waals surface area contributed by atoms with E-state index >= 15 is 0 Å². The minimum absolute atomic E-state index is 0.101. The molecule has 2 saturated heterocycles. The van der Waals surface area contributed by atoms with Gasteiger partial charge in [-0.15, -0.1) is 0 Å². The summed E-state index contributed by atoms with van der Waals surface area (Å²) in [6, 6.07) is 4.00. The third-order valence-corrected chi connectivity index (χ3v) is 4.48. The van der Waals surface area contributed by atoms with Gasteiger partial charge in [-0.1, -0.05) is 0 Å². The molecule has 0 radical (unpaired) electrons. The van der Waals surface area contributed by atoms with Crippen LogP contribution >= 0.6 is 0 Å². The van der Waals surface area contributed by atoms with E-state index in [2.05, 4.69) is 5.32 Å². The van der Waals surface area contributed by atoms with Gasteiger partial charge in [0.2, 0.25) is 0 Å². The van der Waals surface area contributed by atoms with Gasteiger partial charge in [0, 0.05) is 25.2 Å². The van der Waals surface area contributed by atoms with Crippen LogP contribution in [0.4, 0.5) is 8.78 Å². The number of nitrogens with one attached hydrogen (secondary N) is 1. The second-order valence-corrected chi connectivity index (χ2v) is 5.80. The molecule has 0 aliphatic carbocycles. The SMILES string of the molecule is CN(C(=O)c1cc(F)ccc1F)C1CC2CCC(C1)N2. The first-order chi connectivity index (χ1) is 9.54. The van der Waals surface area contributed by atoms with Gasteiger partial charge in [0.1, 0.15) is 11.6 Å². The van der Waals surface area contributed by atoms with Crippen molar-refractivity contribution in [2.75, 3.05) is 7.05 Å². The van der Waals surface area contributed by atoms with Crippen molar-refractivity contribution in [3.63, 3.8) is 0 Å². The van der Waals surface area contributed by atoms with Crippen LogP contribution in [0, 0.1) is 11.6 Å². The highest BCUT2D eigenvalue weighted by atomic mass is 19.1. The van der Waals surface area contributed by atoms with E-state index in [4.69, 9.17) is 0 Å². The largest absolute Gasteiger partial charge is 0.339 e. The van der Waals surface area contributed by atoms with E-state index in [0.717, 1.165) is 43.9 Å². The van der Waals surface area contributed by atoms with Gasteiger partial charge in [0.05, 0.1) is 5.56 Å². The normalized spacial score (nSPS) is 28.4. The molecular formula is C15H18F2N2O. The Morgan fingerprint density at radius 1 is 1.25 bits per heavy atom. The van der Waals surface area contributed by atoms with Gasteiger partial charge in [-0.05, 0) is 43.9 Å².